The first kappa shape index (κ1) is 120. The van der Waals surface area contributed by atoms with Crippen molar-refractivity contribution < 1.29 is 99.2 Å². The van der Waals surface area contributed by atoms with Crippen molar-refractivity contribution in [2.75, 3.05) is 121 Å². The summed E-state index contributed by atoms with van der Waals surface area (Å²) in [5.41, 5.74) is 12.0. The normalized spacial score (nSPS) is 12.3. The molecule has 12 amide bonds. The van der Waals surface area contributed by atoms with Crippen molar-refractivity contribution in [3.63, 3.8) is 0 Å². The maximum atomic E-state index is 14.2. The van der Waals surface area contributed by atoms with Gasteiger partial charge in [0.05, 0.1) is 55.7 Å². The van der Waals surface area contributed by atoms with Crippen LogP contribution < -0.4 is 32.2 Å². The maximum Gasteiger partial charge on any atom is 0.253 e. The van der Waals surface area contributed by atoms with Crippen LogP contribution in [0.2, 0.25) is 0 Å². The predicted octanol–water partition coefficient (Wildman–Crippen LogP) is 12.7. The number of amides is 12. The van der Waals surface area contributed by atoms with Crippen LogP contribution in [0.25, 0.3) is 0 Å². The summed E-state index contributed by atoms with van der Waals surface area (Å²) in [6.45, 7) is 18.6. The van der Waals surface area contributed by atoms with Crippen LogP contribution in [-0.4, -0.2) is 288 Å². The van der Waals surface area contributed by atoms with Gasteiger partial charge in [-0.25, -0.2) is 41.4 Å². The van der Waals surface area contributed by atoms with Crippen molar-refractivity contribution in [3.8, 4) is 0 Å². The van der Waals surface area contributed by atoms with Crippen molar-refractivity contribution in [3.05, 3.63) is 319 Å². The number of aliphatic hydroxyl groups excluding tert-OH is 3. The number of carbonyl (C=O) groups excluding carboxylic acids is 12. The summed E-state index contributed by atoms with van der Waals surface area (Å²) < 4.78 is 84.9. The number of halogens is 6. The molecule has 36 heteroatoms. The van der Waals surface area contributed by atoms with Crippen LogP contribution in [0.1, 0.15) is 227 Å². The van der Waals surface area contributed by atoms with E-state index >= 15 is 0 Å². The summed E-state index contributed by atoms with van der Waals surface area (Å²) in [6.07, 6.45) is 0.761. The quantitative estimate of drug-likeness (QED) is 0.0126. The molecule has 30 nitrogen and oxygen atoms in total. The Labute approximate surface area is 857 Å². The average Bonchev–Trinajstić information content (AvgIpc) is 0.812. The molecule has 6 unspecified atom stereocenters. The minimum Gasteiger partial charge on any atom is -0.390 e. The Hall–Kier alpha value is -14.0. The standard InChI is InChI=1S/C38H49F2N5O5.C37H47F2N5O5.C36H45F2N5O5/c1-6-14-44(15-7-2)38(50)30-22-28(21-29(23-30)37(49)43(4)5)36(48)41-33(19-27-17-31(39)24-32(40)18-27)34(46)25-45(16-8-3)42-35(47)20-26-12-10-9-11-13-26;1-6-14-43(15-7-2)37(49)29-21-27(20-28(22-29)36(48)42(4)5)35(47)40-32(18-26-16-30(38)23-31(39)17-26)33(45)24-44(8-3)41-34(46)19-25-12-10-9-11-13-25;1-6-13-43(14-7-2)36(48)28-20-26(19-27(21-28)35(47)41(3)4)34(46)39-31(17-25-15-29(37)22-30(38)16-25)32(44)23-42(5)40-33(45)18-24-11-9-8-10-12-24/h9-13,17-18,21-24,33-34,46H,6-8,14-16,19-20,25H2,1-5H3,(H,41,48)(H,42,47);9-13,16-17,20-23,32-33,45H,6-8,14-15,18-19,24H2,1-5H3,(H,40,47)(H,41,46);8-12,15-16,19-22,31-32,44H,6-7,13-14,17-18,23H2,1-5H3,(H,39,46)(H,40,45). The number of hydrogen-bond acceptors (Lipinski definition) is 18. The number of hydrazine groups is 3. The van der Waals surface area contributed by atoms with Gasteiger partial charge in [-0.15, -0.1) is 0 Å². The molecule has 0 saturated carbocycles. The zero-order chi connectivity index (χ0) is 108. The van der Waals surface area contributed by atoms with Gasteiger partial charge in [0, 0.05) is 190 Å². The van der Waals surface area contributed by atoms with Crippen molar-refractivity contribution in [1.29, 1.82) is 0 Å². The Kier molecular flexibility index (Phi) is 49.6. The second-order valence-electron chi connectivity index (χ2n) is 36.7. The molecule has 0 aromatic heterocycles. The van der Waals surface area contributed by atoms with Crippen LogP contribution in [0.4, 0.5) is 26.3 Å². The van der Waals surface area contributed by atoms with Crippen molar-refractivity contribution in [2.24, 2.45) is 0 Å². The van der Waals surface area contributed by atoms with Gasteiger partial charge in [-0.2, -0.15) is 0 Å². The van der Waals surface area contributed by atoms with Gasteiger partial charge in [-0.05, 0) is 189 Å². The van der Waals surface area contributed by atoms with Gasteiger partial charge in [0.15, 0.2) is 0 Å². The molecule has 0 fully saturated rings. The minimum absolute atomic E-state index is 0.00167. The van der Waals surface area contributed by atoms with Crippen molar-refractivity contribution >= 4 is 70.9 Å². The molecule has 9 aromatic carbocycles. The van der Waals surface area contributed by atoms with E-state index in [0.29, 0.717) is 58.8 Å². The molecule has 0 radical (unpaired) electrons. The smallest absolute Gasteiger partial charge is 0.253 e. The number of likely N-dealkylation sites (N-methyl/N-ethyl adjacent to an activating group) is 2. The summed E-state index contributed by atoms with van der Waals surface area (Å²) in [7, 11) is 10.9. The fourth-order valence-electron chi connectivity index (χ4n) is 16.4. The fraction of sp³-hybridized carbons (Fsp3) is 0.405. The largest absolute Gasteiger partial charge is 0.390 e. The van der Waals surface area contributed by atoms with E-state index in [9.17, 15) is 99.2 Å². The van der Waals surface area contributed by atoms with Crippen LogP contribution in [0.5, 0.6) is 0 Å². The van der Waals surface area contributed by atoms with E-state index in [1.807, 2.05) is 139 Å². The number of benzene rings is 9. The van der Waals surface area contributed by atoms with Gasteiger partial charge >= 0.3 is 0 Å². The van der Waals surface area contributed by atoms with Gasteiger partial charge in [0.25, 0.3) is 53.2 Å². The van der Waals surface area contributed by atoms with E-state index in [-0.39, 0.29) is 160 Å². The number of carbonyl (C=O) groups is 12. The molecule has 792 valence electrons. The molecule has 147 heavy (non-hydrogen) atoms. The summed E-state index contributed by atoms with van der Waals surface area (Å²) in [4.78, 5) is 169. The summed E-state index contributed by atoms with van der Waals surface area (Å²) in [6, 6.07) is 45.6. The highest BCUT2D eigenvalue weighted by Crippen LogP contribution is 2.25. The fourth-order valence-corrected chi connectivity index (χ4v) is 16.4. The number of nitrogens with one attached hydrogen (secondary N) is 6. The number of nitrogens with zero attached hydrogens (tertiary/aromatic N) is 9. The lowest BCUT2D eigenvalue weighted by atomic mass is 9.98. The molecule has 0 aliphatic rings. The molecule has 0 heterocycles. The van der Waals surface area contributed by atoms with Gasteiger partial charge in [0.1, 0.15) is 34.9 Å². The molecular formula is C111H141F6N15O15. The number of rotatable bonds is 51. The van der Waals surface area contributed by atoms with E-state index in [4.69, 9.17) is 0 Å². The zero-order valence-corrected chi connectivity index (χ0v) is 86.5. The van der Waals surface area contributed by atoms with E-state index in [1.54, 1.807) is 76.0 Å². The first-order chi connectivity index (χ1) is 70.0. The third kappa shape index (κ3) is 39.7. The van der Waals surface area contributed by atoms with Crippen LogP contribution in [0.3, 0.4) is 0 Å². The summed E-state index contributed by atoms with van der Waals surface area (Å²) >= 11 is 0. The second kappa shape index (κ2) is 60.8. The van der Waals surface area contributed by atoms with Crippen LogP contribution in [-0.2, 0) is 52.9 Å². The molecule has 0 spiro atoms. The lowest BCUT2D eigenvalue weighted by Crippen LogP contribution is -2.53. The first-order valence-corrected chi connectivity index (χ1v) is 49.5. The van der Waals surface area contributed by atoms with E-state index in [0.717, 1.165) is 110 Å². The highest BCUT2D eigenvalue weighted by atomic mass is 19.2. The molecule has 6 atom stereocenters. The van der Waals surface area contributed by atoms with Crippen LogP contribution in [0.15, 0.2) is 200 Å². The molecular weight excluding hydrogens is 1900 g/mol. The third-order valence-electron chi connectivity index (χ3n) is 23.2. The summed E-state index contributed by atoms with van der Waals surface area (Å²) in [5, 5.41) is 47.0. The van der Waals surface area contributed by atoms with Crippen molar-refractivity contribution in [1.82, 2.24) is 76.7 Å². The molecule has 0 saturated heterocycles. The molecule has 0 bridgehead atoms. The molecule has 0 aliphatic carbocycles. The van der Waals surface area contributed by atoms with E-state index < -0.39 is 107 Å². The summed E-state index contributed by atoms with van der Waals surface area (Å²) in [5.74, 6) is -10.2. The maximum absolute atomic E-state index is 14.2. The third-order valence-corrected chi connectivity index (χ3v) is 23.2. The Morgan fingerprint density at radius 1 is 0.265 bits per heavy atom. The molecule has 9 N–H and O–H groups in total. The van der Waals surface area contributed by atoms with E-state index in [2.05, 4.69) is 32.2 Å². The van der Waals surface area contributed by atoms with Crippen LogP contribution in [0, 0.1) is 34.9 Å². The van der Waals surface area contributed by atoms with E-state index in [1.165, 1.54) is 79.3 Å². The monoisotopic (exact) mass is 2040 g/mol. The minimum atomic E-state index is -1.33. The van der Waals surface area contributed by atoms with Gasteiger partial charge in [0.2, 0.25) is 17.7 Å². The highest BCUT2D eigenvalue weighted by molar-refractivity contribution is 6.07. The number of aliphatic hydroxyl groups is 3. The Balaban J connectivity index is 0.000000299. The topological polar surface area (TPSA) is 367 Å². The SMILES string of the molecule is CCCN(CC(O)C(Cc1cc(F)cc(F)c1)NC(=O)c1cc(C(=O)N(C)C)cc(C(=O)N(CCC)CCC)c1)NC(=O)Cc1ccccc1.CCCN(CCC)C(=O)c1cc(C(=O)NC(Cc2cc(F)cc(F)c2)C(O)CN(C)NC(=O)Cc2ccccc2)cc(C(=O)N(C)C)c1.CCCN(CCC)C(=O)c1cc(C(=O)NC(Cc2cc(F)cc(F)c2)C(O)CN(CC)NC(=O)Cc2ccccc2)cc(C(=O)N(C)C)c1. The Morgan fingerprint density at radius 3 is 0.735 bits per heavy atom. The first-order valence-electron chi connectivity index (χ1n) is 49.5. The molecule has 9 rings (SSSR count). The zero-order valence-electron chi connectivity index (χ0n) is 86.5. The Bertz CT molecular complexity index is 5800. The van der Waals surface area contributed by atoms with Crippen molar-refractivity contribution in [2.45, 2.75) is 175 Å². The van der Waals surface area contributed by atoms with Gasteiger partial charge < -0.3 is 60.7 Å². The highest BCUT2D eigenvalue weighted by Gasteiger charge is 2.34. The van der Waals surface area contributed by atoms with Crippen LogP contribution >= 0.6 is 0 Å². The molecule has 0 aliphatic heterocycles. The second-order valence-corrected chi connectivity index (χ2v) is 36.7. The Morgan fingerprint density at radius 2 is 0.490 bits per heavy atom. The average molecular weight is 2040 g/mol. The molecule has 9 aromatic rings. The lowest BCUT2D eigenvalue weighted by Gasteiger charge is -2.30. The van der Waals surface area contributed by atoms with Gasteiger partial charge in [-0.1, -0.05) is 146 Å². The number of hydrogen-bond donors (Lipinski definition) is 9. The lowest BCUT2D eigenvalue weighted by molar-refractivity contribution is -0.126. The predicted molar refractivity (Wildman–Crippen MR) is 551 cm³/mol. The van der Waals surface area contributed by atoms with Gasteiger partial charge in [-0.3, -0.25) is 73.8 Å².